The smallest absolute Gasteiger partial charge is 0.324 e. The summed E-state index contributed by atoms with van der Waals surface area (Å²) in [6.07, 6.45) is 8.04. The number of nitrogens with zero attached hydrogens (tertiary/aromatic N) is 7. The summed E-state index contributed by atoms with van der Waals surface area (Å²) in [5.41, 5.74) is 9.48. The van der Waals surface area contributed by atoms with Gasteiger partial charge in [0.25, 0.3) is 5.91 Å². The molecular weight excluding hydrogens is 903 g/mol. The molecular formula is C54H75N9O8. The van der Waals surface area contributed by atoms with Crippen molar-refractivity contribution < 1.29 is 38.2 Å². The Labute approximate surface area is 418 Å². The monoisotopic (exact) mass is 978 g/mol. The highest BCUT2D eigenvalue weighted by Gasteiger charge is 2.49. The molecule has 3 aromatic rings. The first-order chi connectivity index (χ1) is 33.9. The van der Waals surface area contributed by atoms with Crippen molar-refractivity contribution in [2.45, 2.75) is 117 Å². The fourth-order valence-corrected chi connectivity index (χ4v) is 11.5. The lowest BCUT2D eigenvalue weighted by Gasteiger charge is -2.45. The van der Waals surface area contributed by atoms with Crippen LogP contribution in [0.2, 0.25) is 0 Å². The van der Waals surface area contributed by atoms with E-state index in [4.69, 9.17) is 19.2 Å². The maximum absolute atomic E-state index is 14.9. The number of piperidine rings is 1. The van der Waals surface area contributed by atoms with E-state index in [2.05, 4.69) is 77.9 Å². The largest absolute Gasteiger partial charge is 0.464 e. The molecule has 3 fully saturated rings. The normalized spacial score (nSPS) is 25.9. The van der Waals surface area contributed by atoms with Crippen molar-refractivity contribution in [3.8, 4) is 11.3 Å². The number of likely N-dealkylation sites (tertiary alicyclic amines) is 1. The van der Waals surface area contributed by atoms with Crippen LogP contribution in [0.15, 0.2) is 55.3 Å². The lowest BCUT2D eigenvalue weighted by Crippen LogP contribution is -2.64. The van der Waals surface area contributed by atoms with E-state index in [-0.39, 0.29) is 55.7 Å². The second-order valence-corrected chi connectivity index (χ2v) is 21.5. The molecule has 7 heterocycles. The molecule has 7 atom stereocenters. The van der Waals surface area contributed by atoms with E-state index in [1.807, 2.05) is 33.8 Å². The van der Waals surface area contributed by atoms with E-state index in [0.717, 1.165) is 51.0 Å². The molecule has 71 heavy (non-hydrogen) atoms. The number of fused-ring (bicyclic) bond motifs is 6. The summed E-state index contributed by atoms with van der Waals surface area (Å²) in [6, 6.07) is 7.75. The zero-order valence-corrected chi connectivity index (χ0v) is 43.3. The lowest BCUT2D eigenvalue weighted by atomic mass is 9.82. The molecule has 8 rings (SSSR count). The number of amides is 5. The molecule has 2 aromatic heterocycles. The van der Waals surface area contributed by atoms with Crippen molar-refractivity contribution >= 4 is 46.2 Å². The summed E-state index contributed by atoms with van der Waals surface area (Å²) in [5, 5.41) is 5.71. The molecule has 1 spiro atoms. The van der Waals surface area contributed by atoms with Crippen molar-refractivity contribution in [2.75, 3.05) is 73.3 Å². The Balaban J connectivity index is 1.09. The first-order valence-corrected chi connectivity index (χ1v) is 25.6. The quantitative estimate of drug-likeness (QED) is 0.197. The molecule has 5 amide bonds. The van der Waals surface area contributed by atoms with E-state index in [1.165, 1.54) is 16.0 Å². The molecule has 17 nitrogen and oxygen atoms in total. The Morgan fingerprint density at radius 1 is 1.10 bits per heavy atom. The van der Waals surface area contributed by atoms with Crippen LogP contribution in [0, 0.1) is 17.3 Å². The number of carbonyl (C=O) groups is 5. The van der Waals surface area contributed by atoms with Gasteiger partial charge in [-0.05, 0) is 98.9 Å². The second-order valence-electron chi connectivity index (χ2n) is 21.5. The Bertz CT molecular complexity index is 2560. The highest BCUT2D eigenvalue weighted by atomic mass is 16.5. The molecule has 0 aliphatic carbocycles. The van der Waals surface area contributed by atoms with Gasteiger partial charge in [0.2, 0.25) is 11.8 Å². The Hall–Kier alpha value is -5.62. The molecule has 5 aliphatic heterocycles. The summed E-state index contributed by atoms with van der Waals surface area (Å²) in [5.74, 6) is -1.82. The highest BCUT2D eigenvalue weighted by Crippen LogP contribution is 2.42. The third kappa shape index (κ3) is 10.5. The minimum atomic E-state index is -1.01. The van der Waals surface area contributed by atoms with E-state index >= 15 is 0 Å². The molecule has 6 bridgehead atoms. The Kier molecular flexibility index (Phi) is 15.5. The number of methoxy groups -OCH3 is 1. The number of hydrogen-bond donors (Lipinski definition) is 2. The minimum Gasteiger partial charge on any atom is -0.464 e. The number of benzene rings is 1. The topological polar surface area (TPSA) is 171 Å². The molecule has 2 N–H and O–H groups in total. The molecule has 384 valence electrons. The van der Waals surface area contributed by atoms with Crippen LogP contribution in [0.25, 0.3) is 27.7 Å². The van der Waals surface area contributed by atoms with Gasteiger partial charge >= 0.3 is 12.0 Å². The van der Waals surface area contributed by atoms with Crippen molar-refractivity contribution in [1.29, 1.82) is 0 Å². The van der Waals surface area contributed by atoms with Gasteiger partial charge in [0.15, 0.2) is 0 Å². The summed E-state index contributed by atoms with van der Waals surface area (Å²) in [6.45, 7) is 21.8. The number of aryl methyl sites for hydroxylation is 1. The number of rotatable bonds is 9. The zero-order valence-electron chi connectivity index (χ0n) is 43.3. The third-order valence-electron chi connectivity index (χ3n) is 15.5. The molecule has 0 radical (unpaired) electrons. The van der Waals surface area contributed by atoms with E-state index in [0.29, 0.717) is 71.5 Å². The van der Waals surface area contributed by atoms with E-state index < -0.39 is 41.0 Å². The minimum absolute atomic E-state index is 0.0793. The summed E-state index contributed by atoms with van der Waals surface area (Å²) < 4.78 is 20.6. The maximum atomic E-state index is 14.9. The van der Waals surface area contributed by atoms with Crippen LogP contribution < -0.4 is 10.7 Å². The number of cyclic esters (lactones) is 1. The van der Waals surface area contributed by atoms with Gasteiger partial charge in [0, 0.05) is 94.0 Å². The number of esters is 1. The number of carbonyl (C=O) groups excluding carboxylic acids is 5. The van der Waals surface area contributed by atoms with Gasteiger partial charge in [-0.1, -0.05) is 53.3 Å². The summed E-state index contributed by atoms with van der Waals surface area (Å²) >= 11 is 0. The lowest BCUT2D eigenvalue weighted by molar-refractivity contribution is -0.155. The van der Waals surface area contributed by atoms with Gasteiger partial charge < -0.3 is 38.8 Å². The number of likely N-dealkylation sites (N-methyl/N-ethyl adjacent to an activating group) is 1. The maximum Gasteiger partial charge on any atom is 0.324 e. The predicted molar refractivity (Wildman–Crippen MR) is 271 cm³/mol. The van der Waals surface area contributed by atoms with Gasteiger partial charge in [0.05, 0.1) is 36.2 Å². The Morgan fingerprint density at radius 3 is 2.61 bits per heavy atom. The van der Waals surface area contributed by atoms with Gasteiger partial charge in [-0.15, -0.1) is 0 Å². The zero-order chi connectivity index (χ0) is 50.9. The van der Waals surface area contributed by atoms with E-state index in [1.54, 1.807) is 30.2 Å². The fraction of sp³-hybridized carbons (Fsp3) is 0.593. The SMILES string of the molecule is C=CC(=O)N1CO[C@]2(CCN(C(=O)N(C)[C@H](C(=O)N[C@H]3CN4CCC=C(C4)c4ccc5c(c4)c(c(-c4cccnc4[C@H](C)OC)n5CC)CC(C)(C)COC(=O)[C@@H]4CCCN(N4)C3=O)C(C)C)C[C@@H]2C)C1. The van der Waals surface area contributed by atoms with Crippen molar-refractivity contribution in [1.82, 2.24) is 44.9 Å². The number of nitrogens with one attached hydrogen (secondary N) is 2. The van der Waals surface area contributed by atoms with Crippen LogP contribution in [-0.2, 0) is 46.4 Å². The standard InChI is InChI=1S/C54H75N9O8/c1-11-45(64)61-31-54(71-33-61)21-25-60(28-35(54)5)52(68)58(9)47(34(3)4)49(65)56-43-30-59-23-14-16-38(29-59)37-19-20-44-40(26-37)41(48(62(44)12-2)39-17-13-22-55-46(39)36(6)69-10)27-53(7,8)32-70-51(67)42-18-15-24-63(57-42)50(43)66/h11,13,16-17,19-20,22,26,34-36,42-43,47,57H,1,12,14-15,18,21,23-25,27-33H2,2-10H3,(H,56,65)/t35-,36-,42-,43-,47-,54+/m0/s1. The number of ether oxygens (including phenoxy) is 3. The molecule has 3 saturated heterocycles. The number of pyridine rings is 1. The van der Waals surface area contributed by atoms with Crippen molar-refractivity contribution in [2.24, 2.45) is 17.3 Å². The molecule has 0 saturated carbocycles. The molecule has 1 unspecified atom stereocenters. The van der Waals surface area contributed by atoms with Crippen molar-refractivity contribution in [3.63, 3.8) is 0 Å². The van der Waals surface area contributed by atoms with Crippen molar-refractivity contribution in [3.05, 3.63) is 72.1 Å². The van der Waals surface area contributed by atoms with E-state index in [9.17, 15) is 24.0 Å². The summed E-state index contributed by atoms with van der Waals surface area (Å²) in [4.78, 5) is 82.3. The van der Waals surface area contributed by atoms with Gasteiger partial charge in [-0.3, -0.25) is 34.1 Å². The number of aromatic nitrogens is 2. The third-order valence-corrected chi connectivity index (χ3v) is 15.5. The van der Waals surface area contributed by atoms with Crippen LogP contribution in [0.4, 0.5) is 4.79 Å². The van der Waals surface area contributed by atoms with Crippen LogP contribution in [0.3, 0.4) is 0 Å². The number of hydrogen-bond acceptors (Lipinski definition) is 11. The molecule has 17 heteroatoms. The Morgan fingerprint density at radius 2 is 1.89 bits per heavy atom. The average molecular weight is 978 g/mol. The molecule has 1 aromatic carbocycles. The summed E-state index contributed by atoms with van der Waals surface area (Å²) in [7, 11) is 3.34. The van der Waals surface area contributed by atoms with Crippen LogP contribution >= 0.6 is 0 Å². The fourth-order valence-electron chi connectivity index (χ4n) is 11.5. The van der Waals surface area contributed by atoms with Crippen LogP contribution in [-0.4, -0.2) is 161 Å². The number of hydrazine groups is 1. The second kappa shape index (κ2) is 21.2. The predicted octanol–water partition coefficient (Wildman–Crippen LogP) is 5.78. The van der Waals surface area contributed by atoms with Gasteiger partial charge in [-0.25, -0.2) is 10.2 Å². The average Bonchev–Trinajstić information content (AvgIpc) is 3.94. The van der Waals surface area contributed by atoms with Crippen LogP contribution in [0.1, 0.15) is 97.1 Å². The number of urea groups is 1. The highest BCUT2D eigenvalue weighted by molar-refractivity contribution is 5.95. The first kappa shape index (κ1) is 51.7. The molecule has 5 aliphatic rings. The van der Waals surface area contributed by atoms with Crippen LogP contribution in [0.5, 0.6) is 0 Å². The first-order valence-electron chi connectivity index (χ1n) is 25.6. The van der Waals surface area contributed by atoms with Gasteiger partial charge in [-0.2, -0.15) is 0 Å². The van der Waals surface area contributed by atoms with Gasteiger partial charge in [0.1, 0.15) is 24.9 Å².